The summed E-state index contributed by atoms with van der Waals surface area (Å²) in [5.74, 6) is 0.513. The molecule has 138 valence electrons. The molecule has 4 nitrogen and oxygen atoms in total. The van der Waals surface area contributed by atoms with Crippen molar-refractivity contribution >= 4 is 22.4 Å². The summed E-state index contributed by atoms with van der Waals surface area (Å²) in [5.41, 5.74) is 1.42. The summed E-state index contributed by atoms with van der Waals surface area (Å²) in [7, 11) is 1.79. The molecule has 0 aliphatic carbocycles. The summed E-state index contributed by atoms with van der Waals surface area (Å²) in [6, 6.07) is 21.6. The highest BCUT2D eigenvalue weighted by atomic mass is 16.5. The molecule has 1 unspecified atom stereocenters. The Morgan fingerprint density at radius 1 is 1.07 bits per heavy atom. The van der Waals surface area contributed by atoms with Crippen molar-refractivity contribution in [3.63, 3.8) is 0 Å². The number of fused-ring (bicyclic) bond motifs is 1. The van der Waals surface area contributed by atoms with E-state index in [0.717, 1.165) is 35.9 Å². The lowest BCUT2D eigenvalue weighted by atomic mass is 10.1. The zero-order valence-corrected chi connectivity index (χ0v) is 15.4. The van der Waals surface area contributed by atoms with Crippen LogP contribution >= 0.6 is 0 Å². The Balaban J connectivity index is 1.55. The first kappa shape index (κ1) is 17.6. The first-order chi connectivity index (χ1) is 13.2. The van der Waals surface area contributed by atoms with Crippen LogP contribution in [0.4, 0.5) is 5.69 Å². The quantitative estimate of drug-likeness (QED) is 0.663. The Morgan fingerprint density at radius 2 is 1.85 bits per heavy atom. The van der Waals surface area contributed by atoms with Gasteiger partial charge in [-0.05, 0) is 47.9 Å². The van der Waals surface area contributed by atoms with Crippen molar-refractivity contribution in [3.8, 4) is 5.75 Å². The Bertz CT molecular complexity index is 947. The molecule has 1 amide bonds. The number of anilines is 1. The lowest BCUT2D eigenvalue weighted by Crippen LogP contribution is -2.27. The van der Waals surface area contributed by atoms with E-state index in [2.05, 4.69) is 12.1 Å². The van der Waals surface area contributed by atoms with E-state index in [1.807, 2.05) is 54.6 Å². The first-order valence-corrected chi connectivity index (χ1v) is 9.32. The van der Waals surface area contributed by atoms with E-state index >= 15 is 0 Å². The summed E-state index contributed by atoms with van der Waals surface area (Å²) in [4.78, 5) is 14.8. The summed E-state index contributed by atoms with van der Waals surface area (Å²) in [6.45, 7) is 1.27. The van der Waals surface area contributed by atoms with Gasteiger partial charge in [-0.15, -0.1) is 0 Å². The molecule has 0 saturated carbocycles. The van der Waals surface area contributed by atoms with Gasteiger partial charge in [-0.25, -0.2) is 0 Å². The van der Waals surface area contributed by atoms with E-state index in [1.165, 1.54) is 0 Å². The van der Waals surface area contributed by atoms with Crippen LogP contribution in [0.15, 0.2) is 66.7 Å². The van der Waals surface area contributed by atoms with Crippen molar-refractivity contribution in [2.24, 2.45) is 0 Å². The number of hydrogen-bond donors (Lipinski definition) is 0. The van der Waals surface area contributed by atoms with Gasteiger partial charge in [-0.3, -0.25) is 4.79 Å². The average Bonchev–Trinajstić information content (AvgIpc) is 3.24. The number of nitrogens with zero attached hydrogens (tertiary/aromatic N) is 1. The Labute approximate surface area is 159 Å². The third-order valence-electron chi connectivity index (χ3n) is 4.99. The van der Waals surface area contributed by atoms with Crippen LogP contribution < -0.4 is 9.64 Å². The standard InChI is InChI=1S/C23H23NO3/c1-24(19-13-12-17-7-2-3-8-18(17)15-19)23(25)21-10-4-5-11-22(21)27-16-20-9-6-14-26-20/h2-5,7-8,10-13,15,20H,6,9,14,16H2,1H3. The average molecular weight is 361 g/mol. The molecule has 1 heterocycles. The molecule has 3 aromatic carbocycles. The van der Waals surface area contributed by atoms with Gasteiger partial charge < -0.3 is 14.4 Å². The zero-order chi connectivity index (χ0) is 18.6. The number of amides is 1. The second-order valence-electron chi connectivity index (χ2n) is 6.84. The molecule has 3 aromatic rings. The fourth-order valence-corrected chi connectivity index (χ4v) is 3.41. The molecule has 27 heavy (non-hydrogen) atoms. The highest BCUT2D eigenvalue weighted by Gasteiger charge is 2.20. The molecule has 0 bridgehead atoms. The van der Waals surface area contributed by atoms with Crippen molar-refractivity contribution in [3.05, 3.63) is 72.3 Å². The Kier molecular flexibility index (Phi) is 5.07. The lowest BCUT2D eigenvalue weighted by Gasteiger charge is -2.20. The molecule has 1 aliphatic rings. The number of para-hydroxylation sites is 1. The van der Waals surface area contributed by atoms with Gasteiger partial charge in [-0.2, -0.15) is 0 Å². The van der Waals surface area contributed by atoms with Gasteiger partial charge in [0.15, 0.2) is 0 Å². The smallest absolute Gasteiger partial charge is 0.261 e. The van der Waals surface area contributed by atoms with Crippen molar-refractivity contribution in [2.45, 2.75) is 18.9 Å². The third kappa shape index (κ3) is 3.81. The second-order valence-corrected chi connectivity index (χ2v) is 6.84. The van der Waals surface area contributed by atoms with E-state index in [9.17, 15) is 4.79 Å². The molecule has 0 radical (unpaired) electrons. The highest BCUT2D eigenvalue weighted by molar-refractivity contribution is 6.08. The maximum atomic E-state index is 13.1. The summed E-state index contributed by atoms with van der Waals surface area (Å²) < 4.78 is 11.5. The van der Waals surface area contributed by atoms with Gasteiger partial charge in [0.25, 0.3) is 5.91 Å². The largest absolute Gasteiger partial charge is 0.490 e. The normalized spacial score (nSPS) is 16.4. The van der Waals surface area contributed by atoms with Gasteiger partial charge in [0.2, 0.25) is 0 Å². The summed E-state index contributed by atoms with van der Waals surface area (Å²) in [5, 5.41) is 2.26. The zero-order valence-electron chi connectivity index (χ0n) is 15.4. The summed E-state index contributed by atoms with van der Waals surface area (Å²) >= 11 is 0. The van der Waals surface area contributed by atoms with E-state index in [-0.39, 0.29) is 12.0 Å². The van der Waals surface area contributed by atoms with Crippen molar-refractivity contribution in [1.29, 1.82) is 0 Å². The van der Waals surface area contributed by atoms with Gasteiger partial charge in [0, 0.05) is 19.3 Å². The van der Waals surface area contributed by atoms with Gasteiger partial charge in [0.1, 0.15) is 12.4 Å². The van der Waals surface area contributed by atoms with E-state index in [1.54, 1.807) is 11.9 Å². The van der Waals surface area contributed by atoms with Crippen LogP contribution in [-0.4, -0.2) is 32.3 Å². The summed E-state index contributed by atoms with van der Waals surface area (Å²) in [6.07, 6.45) is 2.19. The fourth-order valence-electron chi connectivity index (χ4n) is 3.41. The number of carbonyl (C=O) groups excluding carboxylic acids is 1. The minimum atomic E-state index is -0.0896. The van der Waals surface area contributed by atoms with Gasteiger partial charge in [-0.1, -0.05) is 42.5 Å². The van der Waals surface area contributed by atoms with Crippen LogP contribution in [0.25, 0.3) is 10.8 Å². The molecule has 4 heteroatoms. The molecular weight excluding hydrogens is 338 g/mol. The molecule has 1 saturated heterocycles. The number of carbonyl (C=O) groups is 1. The SMILES string of the molecule is CN(C(=O)c1ccccc1OCC1CCCO1)c1ccc2ccccc2c1. The van der Waals surface area contributed by atoms with Crippen LogP contribution in [0.1, 0.15) is 23.2 Å². The predicted octanol–water partition coefficient (Wildman–Crippen LogP) is 4.67. The monoisotopic (exact) mass is 361 g/mol. The van der Waals surface area contributed by atoms with Crippen molar-refractivity contribution in [2.75, 3.05) is 25.2 Å². The molecule has 1 aliphatic heterocycles. The lowest BCUT2D eigenvalue weighted by molar-refractivity contribution is 0.0672. The maximum Gasteiger partial charge on any atom is 0.261 e. The number of benzene rings is 3. The fraction of sp³-hybridized carbons (Fsp3) is 0.261. The van der Waals surface area contributed by atoms with Crippen LogP contribution in [0.5, 0.6) is 5.75 Å². The minimum absolute atomic E-state index is 0.0896. The van der Waals surface area contributed by atoms with E-state index < -0.39 is 0 Å². The van der Waals surface area contributed by atoms with Gasteiger partial charge in [0.05, 0.1) is 11.7 Å². The molecular formula is C23H23NO3. The molecule has 0 N–H and O–H groups in total. The third-order valence-corrected chi connectivity index (χ3v) is 4.99. The van der Waals surface area contributed by atoms with Crippen molar-refractivity contribution in [1.82, 2.24) is 0 Å². The topological polar surface area (TPSA) is 38.8 Å². The number of rotatable bonds is 5. The molecule has 1 atom stereocenters. The minimum Gasteiger partial charge on any atom is -0.490 e. The van der Waals surface area contributed by atoms with Crippen LogP contribution in [0.2, 0.25) is 0 Å². The van der Waals surface area contributed by atoms with Crippen LogP contribution in [0.3, 0.4) is 0 Å². The molecule has 0 spiro atoms. The Hall–Kier alpha value is -2.85. The van der Waals surface area contributed by atoms with Crippen LogP contribution in [0, 0.1) is 0 Å². The first-order valence-electron chi connectivity index (χ1n) is 9.32. The Morgan fingerprint density at radius 3 is 2.67 bits per heavy atom. The predicted molar refractivity (Wildman–Crippen MR) is 108 cm³/mol. The van der Waals surface area contributed by atoms with Gasteiger partial charge >= 0.3 is 0 Å². The highest BCUT2D eigenvalue weighted by Crippen LogP contribution is 2.26. The van der Waals surface area contributed by atoms with E-state index in [4.69, 9.17) is 9.47 Å². The second kappa shape index (κ2) is 7.80. The molecule has 1 fully saturated rings. The number of ether oxygens (including phenoxy) is 2. The van der Waals surface area contributed by atoms with E-state index in [0.29, 0.717) is 17.9 Å². The molecule has 4 rings (SSSR count). The molecule has 0 aromatic heterocycles. The maximum absolute atomic E-state index is 13.1. The number of hydrogen-bond acceptors (Lipinski definition) is 3. The van der Waals surface area contributed by atoms with Crippen LogP contribution in [-0.2, 0) is 4.74 Å². The van der Waals surface area contributed by atoms with Crippen molar-refractivity contribution < 1.29 is 14.3 Å².